The Morgan fingerprint density at radius 3 is 2.18 bits per heavy atom. The van der Waals surface area contributed by atoms with Crippen molar-refractivity contribution in [3.8, 4) is 0 Å². The zero-order valence-corrected chi connectivity index (χ0v) is 7.92. The first-order valence-corrected chi connectivity index (χ1v) is 4.26. The molecular formula is C9H18NO. The molecule has 1 amide bonds. The third-order valence-corrected chi connectivity index (χ3v) is 1.80. The van der Waals surface area contributed by atoms with Crippen LogP contribution in [-0.2, 0) is 4.79 Å². The van der Waals surface area contributed by atoms with E-state index in [4.69, 9.17) is 0 Å². The third kappa shape index (κ3) is 4.02. The second-order valence-corrected chi connectivity index (χ2v) is 3.36. The number of rotatable bonds is 5. The molecule has 0 fully saturated rings. The first-order chi connectivity index (χ1) is 5.11. The third-order valence-electron chi connectivity index (χ3n) is 1.80. The summed E-state index contributed by atoms with van der Waals surface area (Å²) in [6, 6.07) is 0.331. The van der Waals surface area contributed by atoms with E-state index in [-0.39, 0.29) is 0 Å². The van der Waals surface area contributed by atoms with Crippen LogP contribution in [0.5, 0.6) is 0 Å². The first-order valence-electron chi connectivity index (χ1n) is 4.26. The molecule has 0 aromatic carbocycles. The van der Waals surface area contributed by atoms with Crippen molar-refractivity contribution < 1.29 is 4.79 Å². The molecule has 1 atom stereocenters. The van der Waals surface area contributed by atoms with Gasteiger partial charge in [0.2, 0.25) is 0 Å². The molecule has 0 aromatic rings. The molecular weight excluding hydrogens is 138 g/mol. The van der Waals surface area contributed by atoms with Gasteiger partial charge in [0.05, 0.1) is 0 Å². The average Bonchev–Trinajstić information content (AvgIpc) is 1.88. The van der Waals surface area contributed by atoms with Crippen molar-refractivity contribution in [2.45, 2.75) is 40.2 Å². The van der Waals surface area contributed by atoms with E-state index in [1.54, 1.807) is 4.90 Å². The summed E-state index contributed by atoms with van der Waals surface area (Å²) in [6.07, 6.45) is 3.00. The lowest BCUT2D eigenvalue weighted by Gasteiger charge is -2.23. The van der Waals surface area contributed by atoms with Gasteiger partial charge < -0.3 is 4.90 Å². The molecule has 0 aliphatic carbocycles. The fourth-order valence-electron chi connectivity index (χ4n) is 1.28. The molecule has 2 heteroatoms. The molecule has 0 bridgehead atoms. The van der Waals surface area contributed by atoms with E-state index in [9.17, 15) is 4.79 Å². The molecule has 11 heavy (non-hydrogen) atoms. The molecule has 0 rings (SSSR count). The van der Waals surface area contributed by atoms with Gasteiger partial charge in [-0.15, -0.1) is 0 Å². The number of hydrogen-bond donors (Lipinski definition) is 0. The minimum absolute atomic E-state index is 0.331. The highest BCUT2D eigenvalue weighted by atomic mass is 16.1. The Morgan fingerprint density at radius 1 is 1.36 bits per heavy atom. The Bertz CT molecular complexity index is 112. The van der Waals surface area contributed by atoms with Crippen molar-refractivity contribution in [2.24, 2.45) is 5.92 Å². The molecule has 0 aliphatic rings. The zero-order valence-electron chi connectivity index (χ0n) is 7.92. The average molecular weight is 156 g/mol. The van der Waals surface area contributed by atoms with Crippen molar-refractivity contribution in [3.05, 3.63) is 0 Å². The van der Waals surface area contributed by atoms with Gasteiger partial charge in [0.25, 0.3) is 0 Å². The Labute approximate surface area is 69.6 Å². The van der Waals surface area contributed by atoms with Crippen molar-refractivity contribution in [1.82, 2.24) is 4.90 Å². The quantitative estimate of drug-likeness (QED) is 0.556. The second kappa shape index (κ2) is 5.16. The molecule has 2 nitrogen and oxygen atoms in total. The fourth-order valence-corrected chi connectivity index (χ4v) is 1.28. The highest BCUT2D eigenvalue weighted by Crippen LogP contribution is 2.08. The van der Waals surface area contributed by atoms with Gasteiger partial charge >= 0.3 is 6.41 Å². The number of carbonyl (C=O) groups excluding carboxylic acids is 1. The fraction of sp³-hybridized carbons (Fsp3) is 0.889. The normalized spacial score (nSPS) is 13.2. The van der Waals surface area contributed by atoms with Crippen LogP contribution in [0.1, 0.15) is 34.1 Å². The summed E-state index contributed by atoms with van der Waals surface area (Å²) >= 11 is 0. The Balaban J connectivity index is 3.78. The summed E-state index contributed by atoms with van der Waals surface area (Å²) in [5.74, 6) is 0.646. The van der Waals surface area contributed by atoms with Crippen molar-refractivity contribution >= 4 is 6.41 Å². The van der Waals surface area contributed by atoms with Crippen LogP contribution in [0.4, 0.5) is 0 Å². The molecule has 0 saturated heterocycles. The van der Waals surface area contributed by atoms with Gasteiger partial charge in [0.15, 0.2) is 0 Å². The minimum Gasteiger partial charge on any atom is -0.332 e. The van der Waals surface area contributed by atoms with Crippen LogP contribution >= 0.6 is 0 Å². The van der Waals surface area contributed by atoms with Crippen LogP contribution in [0, 0.1) is 5.92 Å². The van der Waals surface area contributed by atoms with Gasteiger partial charge in [-0.3, -0.25) is 4.79 Å². The van der Waals surface area contributed by atoms with Gasteiger partial charge in [-0.05, 0) is 26.2 Å². The summed E-state index contributed by atoms with van der Waals surface area (Å²) in [5, 5.41) is 0. The van der Waals surface area contributed by atoms with E-state index in [0.717, 1.165) is 13.0 Å². The Kier molecular flexibility index (Phi) is 4.92. The molecule has 0 aromatic heterocycles. The van der Waals surface area contributed by atoms with Gasteiger partial charge in [-0.1, -0.05) is 13.8 Å². The summed E-state index contributed by atoms with van der Waals surface area (Å²) < 4.78 is 0. The number of nitrogens with zero attached hydrogens (tertiary/aromatic N) is 1. The van der Waals surface area contributed by atoms with Crippen molar-refractivity contribution in [3.63, 3.8) is 0 Å². The predicted octanol–water partition coefficient (Wildman–Crippen LogP) is 1.81. The SMILES string of the molecule is CCN([C]=O)C(C)CC(C)C. The van der Waals surface area contributed by atoms with Crippen LogP contribution in [-0.4, -0.2) is 23.9 Å². The van der Waals surface area contributed by atoms with Crippen LogP contribution < -0.4 is 0 Å². The van der Waals surface area contributed by atoms with E-state index in [0.29, 0.717) is 12.0 Å². The van der Waals surface area contributed by atoms with E-state index >= 15 is 0 Å². The molecule has 1 radical (unpaired) electrons. The summed E-state index contributed by atoms with van der Waals surface area (Å²) in [4.78, 5) is 12.1. The molecule has 0 aliphatic heterocycles. The van der Waals surface area contributed by atoms with Crippen molar-refractivity contribution in [2.75, 3.05) is 6.54 Å². The molecule has 0 N–H and O–H groups in total. The first kappa shape index (κ1) is 10.5. The molecule has 65 valence electrons. The Morgan fingerprint density at radius 2 is 1.91 bits per heavy atom. The van der Waals surface area contributed by atoms with E-state index in [2.05, 4.69) is 20.8 Å². The molecule has 0 heterocycles. The lowest BCUT2D eigenvalue weighted by atomic mass is 10.0. The largest absolute Gasteiger partial charge is 0.332 e. The summed E-state index contributed by atoms with van der Waals surface area (Å²) in [7, 11) is 0. The van der Waals surface area contributed by atoms with E-state index < -0.39 is 0 Å². The van der Waals surface area contributed by atoms with Gasteiger partial charge in [-0.25, -0.2) is 0 Å². The highest BCUT2D eigenvalue weighted by Gasteiger charge is 2.11. The smallest absolute Gasteiger partial charge is 0.312 e. The van der Waals surface area contributed by atoms with E-state index in [1.165, 1.54) is 0 Å². The molecule has 0 saturated carbocycles. The monoisotopic (exact) mass is 156 g/mol. The van der Waals surface area contributed by atoms with Crippen LogP contribution in [0.25, 0.3) is 0 Å². The van der Waals surface area contributed by atoms with Crippen molar-refractivity contribution in [1.29, 1.82) is 0 Å². The lowest BCUT2D eigenvalue weighted by molar-refractivity contribution is 0.285. The maximum absolute atomic E-state index is 10.4. The molecule has 0 spiro atoms. The highest BCUT2D eigenvalue weighted by molar-refractivity contribution is 5.48. The maximum Gasteiger partial charge on any atom is 0.312 e. The predicted molar refractivity (Wildman–Crippen MR) is 47.0 cm³/mol. The van der Waals surface area contributed by atoms with Crippen LogP contribution in [0.2, 0.25) is 0 Å². The summed E-state index contributed by atoms with van der Waals surface area (Å²) in [6.45, 7) is 9.12. The Hall–Kier alpha value is -0.530. The van der Waals surface area contributed by atoms with Gasteiger partial charge in [-0.2, -0.15) is 0 Å². The van der Waals surface area contributed by atoms with E-state index in [1.807, 2.05) is 13.3 Å². The number of hydrogen-bond acceptors (Lipinski definition) is 1. The second-order valence-electron chi connectivity index (χ2n) is 3.36. The maximum atomic E-state index is 10.4. The summed E-state index contributed by atoms with van der Waals surface area (Å²) in [5.41, 5.74) is 0. The lowest BCUT2D eigenvalue weighted by Crippen LogP contribution is -2.32. The van der Waals surface area contributed by atoms with Gasteiger partial charge in [0, 0.05) is 12.6 Å². The van der Waals surface area contributed by atoms with Crippen LogP contribution in [0.3, 0.4) is 0 Å². The molecule has 1 unspecified atom stereocenters. The standard InChI is InChI=1S/C9H18NO/c1-5-10(7-11)9(4)6-8(2)3/h8-9H,5-6H2,1-4H3. The topological polar surface area (TPSA) is 20.3 Å². The van der Waals surface area contributed by atoms with Gasteiger partial charge in [0.1, 0.15) is 0 Å². The van der Waals surface area contributed by atoms with Crippen LogP contribution in [0.15, 0.2) is 0 Å². The number of amides is 1. The zero-order chi connectivity index (χ0) is 8.85. The minimum atomic E-state index is 0.331.